The van der Waals surface area contributed by atoms with Crippen LogP contribution in [0.25, 0.3) is 0 Å². The minimum Gasteiger partial charge on any atom is -0.478 e. The van der Waals surface area contributed by atoms with E-state index >= 15 is 0 Å². The van der Waals surface area contributed by atoms with Crippen LogP contribution < -0.4 is 5.32 Å². The van der Waals surface area contributed by atoms with E-state index in [4.69, 9.17) is 5.11 Å². The van der Waals surface area contributed by atoms with Gasteiger partial charge in [0.2, 0.25) is 0 Å². The van der Waals surface area contributed by atoms with E-state index < -0.39 is 5.97 Å². The number of aryl methyl sites for hydroxylation is 1. The normalized spacial score (nSPS) is 11.3. The molecular weight excluding hydrogens is 209 g/mol. The summed E-state index contributed by atoms with van der Waals surface area (Å²) in [5, 5.41) is 11.6. The SMILES string of the molecule is C/C(=C/CNc1ccc(F)c(C)c1)C(=O)O. The van der Waals surface area contributed by atoms with Gasteiger partial charge >= 0.3 is 5.97 Å². The summed E-state index contributed by atoms with van der Waals surface area (Å²) in [4.78, 5) is 10.5. The highest BCUT2D eigenvalue weighted by Gasteiger charge is 1.99. The summed E-state index contributed by atoms with van der Waals surface area (Å²) in [6.45, 7) is 3.61. The van der Waals surface area contributed by atoms with Gasteiger partial charge in [-0.05, 0) is 37.6 Å². The van der Waals surface area contributed by atoms with E-state index in [1.165, 1.54) is 13.0 Å². The fourth-order valence-corrected chi connectivity index (χ4v) is 1.16. The van der Waals surface area contributed by atoms with Crippen molar-refractivity contribution in [1.29, 1.82) is 0 Å². The lowest BCUT2D eigenvalue weighted by Gasteiger charge is -2.05. The lowest BCUT2D eigenvalue weighted by molar-refractivity contribution is -0.132. The van der Waals surface area contributed by atoms with E-state index in [1.54, 1.807) is 25.1 Å². The second-order valence-electron chi connectivity index (χ2n) is 3.54. The molecule has 0 aliphatic heterocycles. The largest absolute Gasteiger partial charge is 0.478 e. The first kappa shape index (κ1) is 12.2. The van der Waals surface area contributed by atoms with Crippen molar-refractivity contribution < 1.29 is 14.3 Å². The van der Waals surface area contributed by atoms with Crippen molar-refractivity contribution in [3.8, 4) is 0 Å². The molecule has 0 amide bonds. The molecule has 2 N–H and O–H groups in total. The second kappa shape index (κ2) is 5.30. The van der Waals surface area contributed by atoms with Crippen LogP contribution in [-0.2, 0) is 4.79 Å². The number of aliphatic carboxylic acids is 1. The Morgan fingerprint density at radius 3 is 2.81 bits per heavy atom. The molecule has 86 valence electrons. The van der Waals surface area contributed by atoms with Crippen LogP contribution in [0.2, 0.25) is 0 Å². The predicted octanol–water partition coefficient (Wildman–Crippen LogP) is 2.58. The molecule has 0 spiro atoms. The summed E-state index contributed by atoms with van der Waals surface area (Å²) in [6.07, 6.45) is 1.57. The molecule has 0 saturated carbocycles. The van der Waals surface area contributed by atoms with Gasteiger partial charge in [-0.25, -0.2) is 9.18 Å². The van der Waals surface area contributed by atoms with Gasteiger partial charge in [0.25, 0.3) is 0 Å². The Hall–Kier alpha value is -1.84. The molecule has 0 fully saturated rings. The minimum absolute atomic E-state index is 0.247. The number of benzene rings is 1. The third kappa shape index (κ3) is 3.38. The molecule has 16 heavy (non-hydrogen) atoms. The van der Waals surface area contributed by atoms with Gasteiger partial charge in [0.15, 0.2) is 0 Å². The van der Waals surface area contributed by atoms with Crippen molar-refractivity contribution in [2.45, 2.75) is 13.8 Å². The summed E-state index contributed by atoms with van der Waals surface area (Å²) >= 11 is 0. The standard InChI is InChI=1S/C12H14FNO2/c1-8(12(15)16)5-6-14-10-3-4-11(13)9(2)7-10/h3-5,7,14H,6H2,1-2H3,(H,15,16)/b8-5-. The molecule has 3 nitrogen and oxygen atoms in total. The molecule has 0 aromatic heterocycles. The summed E-state index contributed by atoms with van der Waals surface area (Å²) in [5.74, 6) is -1.18. The number of anilines is 1. The van der Waals surface area contributed by atoms with Crippen LogP contribution in [0.4, 0.5) is 10.1 Å². The first-order valence-corrected chi connectivity index (χ1v) is 4.91. The van der Waals surface area contributed by atoms with Crippen LogP contribution in [-0.4, -0.2) is 17.6 Å². The van der Waals surface area contributed by atoms with Gasteiger partial charge in [-0.3, -0.25) is 0 Å². The maximum absolute atomic E-state index is 12.9. The fourth-order valence-electron chi connectivity index (χ4n) is 1.16. The van der Waals surface area contributed by atoms with Gasteiger partial charge in [-0.15, -0.1) is 0 Å². The molecule has 0 aliphatic carbocycles. The average molecular weight is 223 g/mol. The zero-order chi connectivity index (χ0) is 12.1. The Morgan fingerprint density at radius 1 is 1.56 bits per heavy atom. The number of carboxylic acid groups (broad SMARTS) is 1. The number of hydrogen-bond acceptors (Lipinski definition) is 2. The van der Waals surface area contributed by atoms with E-state index in [0.29, 0.717) is 12.1 Å². The Bertz CT molecular complexity index is 427. The maximum atomic E-state index is 12.9. The van der Waals surface area contributed by atoms with Crippen LogP contribution in [0, 0.1) is 12.7 Å². The van der Waals surface area contributed by atoms with Gasteiger partial charge in [-0.1, -0.05) is 6.08 Å². The number of nitrogens with one attached hydrogen (secondary N) is 1. The quantitative estimate of drug-likeness (QED) is 0.771. The first-order chi connectivity index (χ1) is 7.50. The van der Waals surface area contributed by atoms with Crippen molar-refractivity contribution in [2.24, 2.45) is 0 Å². The van der Waals surface area contributed by atoms with E-state index in [0.717, 1.165) is 5.69 Å². The van der Waals surface area contributed by atoms with Crippen LogP contribution in [0.3, 0.4) is 0 Å². The Morgan fingerprint density at radius 2 is 2.25 bits per heavy atom. The molecule has 1 rings (SSSR count). The number of hydrogen-bond donors (Lipinski definition) is 2. The Balaban J connectivity index is 2.59. The number of halogens is 1. The Kier molecular flexibility index (Phi) is 4.05. The average Bonchev–Trinajstić information content (AvgIpc) is 2.23. The Labute approximate surface area is 93.6 Å². The zero-order valence-corrected chi connectivity index (χ0v) is 9.25. The molecule has 0 heterocycles. The highest BCUT2D eigenvalue weighted by Crippen LogP contribution is 2.13. The van der Waals surface area contributed by atoms with Crippen molar-refractivity contribution in [3.63, 3.8) is 0 Å². The monoisotopic (exact) mass is 223 g/mol. The van der Waals surface area contributed by atoms with Crippen LogP contribution in [0.1, 0.15) is 12.5 Å². The lowest BCUT2D eigenvalue weighted by atomic mass is 10.2. The van der Waals surface area contributed by atoms with E-state index in [-0.39, 0.29) is 11.4 Å². The summed E-state index contributed by atoms with van der Waals surface area (Å²) in [6, 6.07) is 4.68. The third-order valence-corrected chi connectivity index (χ3v) is 2.21. The zero-order valence-electron chi connectivity index (χ0n) is 9.25. The van der Waals surface area contributed by atoms with E-state index in [1.807, 2.05) is 0 Å². The van der Waals surface area contributed by atoms with E-state index in [2.05, 4.69) is 5.32 Å². The summed E-state index contributed by atoms with van der Waals surface area (Å²) in [5.41, 5.74) is 1.61. The van der Waals surface area contributed by atoms with Crippen LogP contribution in [0.15, 0.2) is 29.8 Å². The topological polar surface area (TPSA) is 49.3 Å². The van der Waals surface area contributed by atoms with Crippen LogP contribution >= 0.6 is 0 Å². The van der Waals surface area contributed by atoms with Gasteiger partial charge in [0, 0.05) is 17.8 Å². The van der Waals surface area contributed by atoms with E-state index in [9.17, 15) is 9.18 Å². The van der Waals surface area contributed by atoms with Crippen molar-refractivity contribution in [1.82, 2.24) is 0 Å². The number of rotatable bonds is 4. The van der Waals surface area contributed by atoms with Crippen molar-refractivity contribution in [2.75, 3.05) is 11.9 Å². The maximum Gasteiger partial charge on any atom is 0.331 e. The second-order valence-corrected chi connectivity index (χ2v) is 3.54. The van der Waals surface area contributed by atoms with Gasteiger partial charge in [0.05, 0.1) is 0 Å². The molecule has 0 saturated heterocycles. The molecule has 0 unspecified atom stereocenters. The van der Waals surface area contributed by atoms with Gasteiger partial charge in [-0.2, -0.15) is 0 Å². The highest BCUT2D eigenvalue weighted by molar-refractivity contribution is 5.85. The number of carbonyl (C=O) groups is 1. The predicted molar refractivity (Wildman–Crippen MR) is 61.0 cm³/mol. The van der Waals surface area contributed by atoms with Crippen molar-refractivity contribution in [3.05, 3.63) is 41.2 Å². The number of carboxylic acids is 1. The summed E-state index contributed by atoms with van der Waals surface area (Å²) < 4.78 is 12.9. The fraction of sp³-hybridized carbons (Fsp3) is 0.250. The molecule has 4 heteroatoms. The van der Waals surface area contributed by atoms with Crippen molar-refractivity contribution >= 4 is 11.7 Å². The minimum atomic E-state index is -0.933. The molecule has 1 aromatic carbocycles. The highest BCUT2D eigenvalue weighted by atomic mass is 19.1. The molecule has 0 bridgehead atoms. The lowest BCUT2D eigenvalue weighted by Crippen LogP contribution is -2.03. The molecule has 1 aromatic rings. The molecular formula is C12H14FNO2. The summed E-state index contributed by atoms with van der Waals surface area (Å²) in [7, 11) is 0. The van der Waals surface area contributed by atoms with Gasteiger partial charge < -0.3 is 10.4 Å². The van der Waals surface area contributed by atoms with Gasteiger partial charge in [0.1, 0.15) is 5.82 Å². The third-order valence-electron chi connectivity index (χ3n) is 2.21. The van der Waals surface area contributed by atoms with Crippen LogP contribution in [0.5, 0.6) is 0 Å². The molecule has 0 radical (unpaired) electrons. The first-order valence-electron chi connectivity index (χ1n) is 4.91. The molecule has 0 atom stereocenters. The molecule has 0 aliphatic rings. The smallest absolute Gasteiger partial charge is 0.331 e.